The fourth-order valence-corrected chi connectivity index (χ4v) is 5.87. The molecule has 1 aliphatic rings. The van der Waals surface area contributed by atoms with Gasteiger partial charge in [0.1, 0.15) is 5.65 Å². The lowest BCUT2D eigenvalue weighted by Gasteiger charge is -2.25. The van der Waals surface area contributed by atoms with Crippen LogP contribution in [0.25, 0.3) is 28.0 Å². The van der Waals surface area contributed by atoms with E-state index in [0.717, 1.165) is 66.6 Å². The molecule has 0 bridgehead atoms. The Morgan fingerprint density at radius 2 is 1.68 bits per heavy atom. The molecule has 1 saturated heterocycles. The van der Waals surface area contributed by atoms with Crippen molar-refractivity contribution < 1.29 is 4.21 Å². The van der Waals surface area contributed by atoms with Crippen LogP contribution in [0.2, 0.25) is 0 Å². The standard InChI is InChI=1S/C29H33N3OS/c1-22(2)23-10-12-24(13-11-23)28-15-14-27-25(7-6-16-31-17-19-34(33)20-18-31)21-32(29(27)30-28)26-8-4-3-5-9-26/h3-5,8-15,21-22H,6-7,16-20H2,1-2H3. The number of fused-ring (bicyclic) bond motifs is 1. The number of pyridine rings is 1. The van der Waals surface area contributed by atoms with E-state index in [1.54, 1.807) is 0 Å². The van der Waals surface area contributed by atoms with Crippen molar-refractivity contribution in [2.45, 2.75) is 32.6 Å². The number of aryl methyl sites for hydroxylation is 1. The lowest BCUT2D eigenvalue weighted by atomic mass is 10.0. The third-order valence-electron chi connectivity index (χ3n) is 6.83. The maximum Gasteiger partial charge on any atom is 0.145 e. The summed E-state index contributed by atoms with van der Waals surface area (Å²) in [6, 6.07) is 23.7. The van der Waals surface area contributed by atoms with Crippen molar-refractivity contribution in [2.75, 3.05) is 31.1 Å². The fraction of sp³-hybridized carbons (Fsp3) is 0.345. The summed E-state index contributed by atoms with van der Waals surface area (Å²) in [7, 11) is -0.614. The third-order valence-corrected chi connectivity index (χ3v) is 8.11. The highest BCUT2D eigenvalue weighted by Gasteiger charge is 2.16. The van der Waals surface area contributed by atoms with Crippen LogP contribution in [-0.2, 0) is 17.2 Å². The van der Waals surface area contributed by atoms with Gasteiger partial charge in [0, 0.05) is 58.2 Å². The van der Waals surface area contributed by atoms with Crippen LogP contribution in [0.15, 0.2) is 72.9 Å². The Labute approximate surface area is 205 Å². The minimum absolute atomic E-state index is 0.523. The average Bonchev–Trinajstić information content (AvgIpc) is 3.24. The first-order chi connectivity index (χ1) is 16.6. The van der Waals surface area contributed by atoms with Crippen LogP contribution in [0.1, 0.15) is 37.3 Å². The summed E-state index contributed by atoms with van der Waals surface area (Å²) in [5, 5.41) is 1.23. The first-order valence-corrected chi connectivity index (χ1v) is 13.8. The summed E-state index contributed by atoms with van der Waals surface area (Å²) in [4.78, 5) is 7.60. The van der Waals surface area contributed by atoms with Crippen LogP contribution in [0.4, 0.5) is 0 Å². The molecule has 5 rings (SSSR count). The molecule has 0 spiro atoms. The van der Waals surface area contributed by atoms with Gasteiger partial charge in [0.2, 0.25) is 0 Å². The van der Waals surface area contributed by atoms with Crippen LogP contribution < -0.4 is 0 Å². The molecule has 1 aliphatic heterocycles. The summed E-state index contributed by atoms with van der Waals surface area (Å²) >= 11 is 0. The number of rotatable bonds is 7. The molecule has 0 amide bonds. The molecule has 0 atom stereocenters. The number of hydrogen-bond donors (Lipinski definition) is 0. The molecule has 3 heterocycles. The number of para-hydroxylation sites is 1. The van der Waals surface area contributed by atoms with E-state index in [-0.39, 0.29) is 0 Å². The van der Waals surface area contributed by atoms with Gasteiger partial charge in [0.15, 0.2) is 0 Å². The number of hydrogen-bond acceptors (Lipinski definition) is 3. The minimum Gasteiger partial charge on any atom is -0.301 e. The van der Waals surface area contributed by atoms with Crippen molar-refractivity contribution in [3.63, 3.8) is 0 Å². The Kier molecular flexibility index (Phi) is 6.93. The van der Waals surface area contributed by atoms with Gasteiger partial charge in [0.25, 0.3) is 0 Å². The van der Waals surface area contributed by atoms with E-state index in [9.17, 15) is 4.21 Å². The zero-order valence-corrected chi connectivity index (χ0v) is 20.9. The van der Waals surface area contributed by atoms with Gasteiger partial charge in [-0.05, 0) is 60.7 Å². The molecule has 2 aromatic heterocycles. The zero-order chi connectivity index (χ0) is 23.5. The molecule has 0 saturated carbocycles. The Morgan fingerprint density at radius 1 is 0.941 bits per heavy atom. The smallest absolute Gasteiger partial charge is 0.145 e. The first kappa shape index (κ1) is 23.0. The quantitative estimate of drug-likeness (QED) is 0.341. The van der Waals surface area contributed by atoms with Gasteiger partial charge in [-0.25, -0.2) is 4.98 Å². The highest BCUT2D eigenvalue weighted by atomic mass is 32.2. The van der Waals surface area contributed by atoms with Crippen molar-refractivity contribution in [1.82, 2.24) is 14.5 Å². The predicted octanol–water partition coefficient (Wildman–Crippen LogP) is 5.81. The minimum atomic E-state index is -0.614. The van der Waals surface area contributed by atoms with Gasteiger partial charge < -0.3 is 9.47 Å². The molecular formula is C29H33N3OS. The Hall–Kier alpha value is -2.76. The molecule has 0 radical (unpaired) electrons. The second kappa shape index (κ2) is 10.2. The summed E-state index contributed by atoms with van der Waals surface area (Å²) in [5.74, 6) is 2.16. The number of benzene rings is 2. The number of aromatic nitrogens is 2. The molecule has 2 aromatic carbocycles. The van der Waals surface area contributed by atoms with Crippen LogP contribution in [-0.4, -0.2) is 49.8 Å². The molecule has 0 aliphatic carbocycles. The van der Waals surface area contributed by atoms with E-state index in [1.807, 2.05) is 0 Å². The second-order valence-electron chi connectivity index (χ2n) is 9.50. The van der Waals surface area contributed by atoms with Crippen molar-refractivity contribution in [1.29, 1.82) is 0 Å². The summed E-state index contributed by atoms with van der Waals surface area (Å²) in [6.07, 6.45) is 4.38. The van der Waals surface area contributed by atoms with E-state index < -0.39 is 10.8 Å². The lowest BCUT2D eigenvalue weighted by Crippen LogP contribution is -2.38. The van der Waals surface area contributed by atoms with Crippen molar-refractivity contribution in [3.05, 3.63) is 84.1 Å². The molecule has 4 aromatic rings. The molecule has 5 heteroatoms. The maximum atomic E-state index is 11.6. The van der Waals surface area contributed by atoms with Gasteiger partial charge >= 0.3 is 0 Å². The monoisotopic (exact) mass is 471 g/mol. The van der Waals surface area contributed by atoms with Crippen LogP contribution >= 0.6 is 0 Å². The maximum absolute atomic E-state index is 11.6. The summed E-state index contributed by atoms with van der Waals surface area (Å²) in [5.41, 5.74) is 6.99. The molecular weight excluding hydrogens is 438 g/mol. The van der Waals surface area contributed by atoms with E-state index >= 15 is 0 Å². The van der Waals surface area contributed by atoms with Gasteiger partial charge in [0.05, 0.1) is 5.69 Å². The fourth-order valence-electron chi connectivity index (χ4n) is 4.75. The van der Waals surface area contributed by atoms with Gasteiger partial charge in [-0.1, -0.05) is 56.3 Å². The van der Waals surface area contributed by atoms with Crippen LogP contribution in [0.3, 0.4) is 0 Å². The average molecular weight is 472 g/mol. The normalized spacial score (nSPS) is 15.4. The molecule has 0 unspecified atom stereocenters. The highest BCUT2D eigenvalue weighted by Crippen LogP contribution is 2.29. The van der Waals surface area contributed by atoms with E-state index in [4.69, 9.17) is 4.98 Å². The van der Waals surface area contributed by atoms with Crippen molar-refractivity contribution in [2.24, 2.45) is 0 Å². The van der Waals surface area contributed by atoms with E-state index in [1.165, 1.54) is 16.5 Å². The van der Waals surface area contributed by atoms with Gasteiger partial charge in [-0.3, -0.25) is 4.21 Å². The summed E-state index contributed by atoms with van der Waals surface area (Å²) in [6.45, 7) is 7.42. The SMILES string of the molecule is CC(C)c1ccc(-c2ccc3c(CCCN4CCS(=O)CC4)cn(-c4ccccc4)c3n2)cc1. The first-order valence-electron chi connectivity index (χ1n) is 12.3. The molecule has 34 heavy (non-hydrogen) atoms. The largest absolute Gasteiger partial charge is 0.301 e. The van der Waals surface area contributed by atoms with Crippen LogP contribution in [0.5, 0.6) is 0 Å². The second-order valence-corrected chi connectivity index (χ2v) is 11.2. The molecule has 176 valence electrons. The van der Waals surface area contributed by atoms with Gasteiger partial charge in [-0.2, -0.15) is 0 Å². The zero-order valence-electron chi connectivity index (χ0n) is 20.1. The molecule has 1 fully saturated rings. The van der Waals surface area contributed by atoms with E-state index in [0.29, 0.717) is 5.92 Å². The summed E-state index contributed by atoms with van der Waals surface area (Å²) < 4.78 is 13.9. The van der Waals surface area contributed by atoms with Crippen LogP contribution in [0, 0.1) is 0 Å². The Bertz CT molecular complexity index is 1270. The predicted molar refractivity (Wildman–Crippen MR) is 143 cm³/mol. The Balaban J connectivity index is 1.44. The molecule has 0 N–H and O–H groups in total. The topological polar surface area (TPSA) is 38.1 Å². The highest BCUT2D eigenvalue weighted by molar-refractivity contribution is 7.85. The van der Waals surface area contributed by atoms with Crippen molar-refractivity contribution >= 4 is 21.8 Å². The van der Waals surface area contributed by atoms with Crippen molar-refractivity contribution in [3.8, 4) is 16.9 Å². The number of nitrogens with zero attached hydrogens (tertiary/aromatic N) is 3. The van der Waals surface area contributed by atoms with Gasteiger partial charge in [-0.15, -0.1) is 0 Å². The van der Waals surface area contributed by atoms with E-state index in [2.05, 4.69) is 96.2 Å². The third kappa shape index (κ3) is 5.01. The lowest BCUT2D eigenvalue weighted by molar-refractivity contribution is 0.296. The Morgan fingerprint density at radius 3 is 2.38 bits per heavy atom. The molecule has 4 nitrogen and oxygen atoms in total.